The van der Waals surface area contributed by atoms with Crippen LogP contribution in [-0.4, -0.2) is 42.8 Å². The van der Waals surface area contributed by atoms with E-state index in [0.717, 1.165) is 32.7 Å². The molecule has 0 saturated carbocycles. The van der Waals surface area contributed by atoms with Crippen molar-refractivity contribution in [2.75, 3.05) is 26.9 Å². The molecular formula is C27H42N2O. The van der Waals surface area contributed by atoms with Crippen molar-refractivity contribution in [3.8, 4) is 0 Å². The Morgan fingerprint density at radius 1 is 0.800 bits per heavy atom. The number of ether oxygens (including phenoxy) is 1. The number of nitrogens with zero attached hydrogens (tertiary/aromatic N) is 2. The zero-order valence-corrected chi connectivity index (χ0v) is 20.2. The van der Waals surface area contributed by atoms with Gasteiger partial charge in [0.1, 0.15) is 0 Å². The van der Waals surface area contributed by atoms with Crippen molar-refractivity contribution in [2.45, 2.75) is 72.5 Å². The molecule has 3 heteroatoms. The van der Waals surface area contributed by atoms with E-state index in [1.54, 1.807) is 0 Å². The van der Waals surface area contributed by atoms with Crippen LogP contribution < -0.4 is 0 Å². The van der Waals surface area contributed by atoms with Gasteiger partial charge in [-0.15, -0.1) is 0 Å². The van der Waals surface area contributed by atoms with Crippen molar-refractivity contribution >= 4 is 0 Å². The molecule has 2 aromatic carbocycles. The molecule has 2 saturated heterocycles. The summed E-state index contributed by atoms with van der Waals surface area (Å²) in [5.41, 5.74) is 5.82. The van der Waals surface area contributed by atoms with Crippen LogP contribution in [0.2, 0.25) is 0 Å². The fraction of sp³-hybridized carbons (Fsp3) is 0.556. The van der Waals surface area contributed by atoms with Crippen molar-refractivity contribution < 1.29 is 4.74 Å². The lowest BCUT2D eigenvalue weighted by Crippen LogP contribution is -2.54. The standard InChI is InChI=1S/C21H24N2O.3C2H6/c1-22-13-23(14-22)12-17-11-20-18-8-4-2-6-15(18)10-16-7-3-5-9-19(16)21(20)24-17;3*1-2/h2-9,17,20-21H,10-14H2,1H3;3*1-2H3. The topological polar surface area (TPSA) is 15.7 Å². The number of hydrogen-bond donors (Lipinski definition) is 0. The van der Waals surface area contributed by atoms with E-state index in [4.69, 9.17) is 4.74 Å². The molecule has 3 atom stereocenters. The fourth-order valence-electron chi connectivity index (χ4n) is 4.74. The van der Waals surface area contributed by atoms with Gasteiger partial charge in [-0.25, -0.2) is 0 Å². The average Bonchev–Trinajstić information content (AvgIpc) is 3.16. The monoisotopic (exact) mass is 410 g/mol. The van der Waals surface area contributed by atoms with Gasteiger partial charge in [-0.2, -0.15) is 0 Å². The lowest BCUT2D eigenvalue weighted by Gasteiger charge is -2.41. The summed E-state index contributed by atoms with van der Waals surface area (Å²) in [5, 5.41) is 0. The van der Waals surface area contributed by atoms with E-state index >= 15 is 0 Å². The van der Waals surface area contributed by atoms with Gasteiger partial charge in [0.05, 0.1) is 25.5 Å². The summed E-state index contributed by atoms with van der Waals surface area (Å²) >= 11 is 0. The Labute approximate surface area is 185 Å². The molecule has 0 amide bonds. The summed E-state index contributed by atoms with van der Waals surface area (Å²) in [6.07, 6.45) is 2.72. The molecule has 0 bridgehead atoms. The molecule has 3 nitrogen and oxygen atoms in total. The Morgan fingerprint density at radius 2 is 1.33 bits per heavy atom. The molecule has 5 rings (SSSR count). The quantitative estimate of drug-likeness (QED) is 0.566. The van der Waals surface area contributed by atoms with E-state index in [1.807, 2.05) is 41.5 Å². The van der Waals surface area contributed by atoms with Crippen molar-refractivity contribution in [3.63, 3.8) is 0 Å². The molecule has 30 heavy (non-hydrogen) atoms. The van der Waals surface area contributed by atoms with Crippen LogP contribution in [0, 0.1) is 0 Å². The van der Waals surface area contributed by atoms with Crippen molar-refractivity contribution in [2.24, 2.45) is 0 Å². The fourth-order valence-corrected chi connectivity index (χ4v) is 4.74. The highest BCUT2D eigenvalue weighted by Crippen LogP contribution is 2.49. The number of fused-ring (bicyclic) bond motifs is 5. The molecule has 2 aliphatic heterocycles. The second-order valence-electron chi connectivity index (χ2n) is 7.59. The molecule has 0 radical (unpaired) electrons. The molecule has 3 unspecified atom stereocenters. The minimum Gasteiger partial charge on any atom is -0.368 e. The van der Waals surface area contributed by atoms with Crippen LogP contribution in [0.4, 0.5) is 0 Å². The van der Waals surface area contributed by atoms with Gasteiger partial charge in [-0.3, -0.25) is 9.80 Å². The van der Waals surface area contributed by atoms with Gasteiger partial charge in [0, 0.05) is 12.5 Å². The van der Waals surface area contributed by atoms with E-state index in [2.05, 4.69) is 65.4 Å². The number of hydrogen-bond acceptors (Lipinski definition) is 3. The molecule has 166 valence electrons. The molecule has 0 aromatic heterocycles. The Bertz CT molecular complexity index is 701. The zero-order chi connectivity index (χ0) is 22.1. The van der Waals surface area contributed by atoms with Gasteiger partial charge in [0.15, 0.2) is 0 Å². The Kier molecular flexibility index (Phi) is 10.0. The maximum Gasteiger partial charge on any atom is 0.0901 e. The van der Waals surface area contributed by atoms with Gasteiger partial charge in [0.25, 0.3) is 0 Å². The van der Waals surface area contributed by atoms with Crippen LogP contribution in [0.5, 0.6) is 0 Å². The average molecular weight is 411 g/mol. The largest absolute Gasteiger partial charge is 0.368 e. The third-order valence-corrected chi connectivity index (χ3v) is 5.76. The summed E-state index contributed by atoms with van der Waals surface area (Å²) in [4.78, 5) is 4.81. The molecule has 0 spiro atoms. The molecular weight excluding hydrogens is 368 g/mol. The Hall–Kier alpha value is -1.68. The van der Waals surface area contributed by atoms with Crippen molar-refractivity contribution in [1.29, 1.82) is 0 Å². The lowest BCUT2D eigenvalue weighted by atomic mass is 9.87. The highest BCUT2D eigenvalue weighted by atomic mass is 16.5. The van der Waals surface area contributed by atoms with E-state index in [-0.39, 0.29) is 6.10 Å². The highest BCUT2D eigenvalue weighted by molar-refractivity contribution is 5.45. The maximum absolute atomic E-state index is 6.61. The normalized spacial score (nSPS) is 24.0. The zero-order valence-electron chi connectivity index (χ0n) is 20.2. The van der Waals surface area contributed by atoms with Gasteiger partial charge >= 0.3 is 0 Å². The predicted molar refractivity (Wildman–Crippen MR) is 129 cm³/mol. The molecule has 1 aliphatic carbocycles. The maximum atomic E-state index is 6.61. The first-order chi connectivity index (χ1) is 14.8. The summed E-state index contributed by atoms with van der Waals surface area (Å²) < 4.78 is 6.61. The van der Waals surface area contributed by atoms with Crippen LogP contribution in [-0.2, 0) is 11.2 Å². The van der Waals surface area contributed by atoms with Crippen LogP contribution in [0.25, 0.3) is 0 Å². The van der Waals surface area contributed by atoms with Gasteiger partial charge in [-0.05, 0) is 42.1 Å². The van der Waals surface area contributed by atoms with Crippen LogP contribution >= 0.6 is 0 Å². The Morgan fingerprint density at radius 3 is 1.93 bits per heavy atom. The van der Waals surface area contributed by atoms with Crippen LogP contribution in [0.1, 0.15) is 82.2 Å². The molecule has 3 aliphatic rings. The third kappa shape index (κ3) is 5.32. The highest BCUT2D eigenvalue weighted by Gasteiger charge is 2.41. The summed E-state index contributed by atoms with van der Waals surface area (Å²) in [7, 11) is 2.17. The van der Waals surface area contributed by atoms with Crippen molar-refractivity contribution in [1.82, 2.24) is 9.80 Å². The molecule has 2 heterocycles. The van der Waals surface area contributed by atoms with Crippen LogP contribution in [0.15, 0.2) is 48.5 Å². The summed E-state index contributed by atoms with van der Waals surface area (Å²) in [6, 6.07) is 17.8. The molecule has 2 fully saturated rings. The van der Waals surface area contributed by atoms with Gasteiger partial charge in [0.2, 0.25) is 0 Å². The van der Waals surface area contributed by atoms with E-state index < -0.39 is 0 Å². The second kappa shape index (κ2) is 12.2. The summed E-state index contributed by atoms with van der Waals surface area (Å²) in [6.45, 7) is 15.2. The van der Waals surface area contributed by atoms with E-state index in [1.165, 1.54) is 22.3 Å². The summed E-state index contributed by atoms with van der Waals surface area (Å²) in [5.74, 6) is 0.494. The second-order valence-corrected chi connectivity index (χ2v) is 7.59. The molecule has 2 aromatic rings. The van der Waals surface area contributed by atoms with Crippen LogP contribution in [0.3, 0.4) is 0 Å². The number of rotatable bonds is 2. The van der Waals surface area contributed by atoms with E-state index in [0.29, 0.717) is 12.0 Å². The molecule has 0 N–H and O–H groups in total. The lowest BCUT2D eigenvalue weighted by molar-refractivity contribution is -0.0547. The first-order valence-electron chi connectivity index (χ1n) is 12.0. The Balaban J connectivity index is 0.000000493. The minimum atomic E-state index is 0.217. The smallest absolute Gasteiger partial charge is 0.0901 e. The number of benzene rings is 2. The SMILES string of the molecule is CC.CC.CC.CN1CN(CC2CC3c4ccccc4Cc4ccccc4C3O2)C1. The van der Waals surface area contributed by atoms with Gasteiger partial charge in [-0.1, -0.05) is 90.1 Å². The predicted octanol–water partition coefficient (Wildman–Crippen LogP) is 6.45. The first-order valence-corrected chi connectivity index (χ1v) is 12.0. The van der Waals surface area contributed by atoms with E-state index in [9.17, 15) is 0 Å². The third-order valence-electron chi connectivity index (χ3n) is 5.76. The first kappa shape index (κ1) is 24.6. The minimum absolute atomic E-state index is 0.217. The van der Waals surface area contributed by atoms with Crippen molar-refractivity contribution in [3.05, 3.63) is 70.8 Å². The van der Waals surface area contributed by atoms with Gasteiger partial charge < -0.3 is 4.74 Å².